The summed E-state index contributed by atoms with van der Waals surface area (Å²) in [5.41, 5.74) is 2.71. The SMILES string of the molecule is C=C(C)C1CCC2(C(=O)NCCc3cccc(C(=O)NCC4OC5OC(C)(C)OC5C(O)C4O)c3)CCC3C(CCC4C3(C)CCC3C(C)(C)C(O)CCC34C)C12. The first-order chi connectivity index (χ1) is 26.8. The molecule has 2 aliphatic heterocycles. The van der Waals surface area contributed by atoms with E-state index in [1.165, 1.54) is 31.3 Å². The number of aliphatic hydroxyl groups excluding tert-OH is 3. The van der Waals surface area contributed by atoms with Gasteiger partial charge in [0.15, 0.2) is 12.1 Å². The number of fused-ring (bicyclic) bond motifs is 8. The lowest BCUT2D eigenvalue weighted by atomic mass is 9.36. The lowest BCUT2D eigenvalue weighted by Gasteiger charge is -2.69. The van der Waals surface area contributed by atoms with Crippen molar-refractivity contribution < 1.29 is 39.1 Å². The number of amides is 2. The minimum atomic E-state index is -1.25. The Morgan fingerprint density at radius 3 is 2.33 bits per heavy atom. The Kier molecular flexibility index (Phi) is 10.7. The molecule has 2 saturated heterocycles. The third kappa shape index (κ3) is 6.75. The summed E-state index contributed by atoms with van der Waals surface area (Å²) in [6.07, 6.45) is 6.23. The van der Waals surface area contributed by atoms with E-state index < -0.39 is 36.5 Å². The van der Waals surface area contributed by atoms with Gasteiger partial charge in [0.05, 0.1) is 11.5 Å². The topological polar surface area (TPSA) is 147 Å². The molecule has 0 bridgehead atoms. The second-order valence-corrected chi connectivity index (χ2v) is 21.1. The van der Waals surface area contributed by atoms with Crippen LogP contribution in [0, 0.1) is 57.2 Å². The number of allylic oxidation sites excluding steroid dienone is 1. The summed E-state index contributed by atoms with van der Waals surface area (Å²) >= 11 is 0. The van der Waals surface area contributed by atoms with Crippen molar-refractivity contribution in [2.24, 2.45) is 57.2 Å². The van der Waals surface area contributed by atoms with Crippen LogP contribution < -0.4 is 10.6 Å². The highest BCUT2D eigenvalue weighted by Crippen LogP contribution is 2.73. The molecule has 10 nitrogen and oxygen atoms in total. The average molecular weight is 791 g/mol. The van der Waals surface area contributed by atoms with Gasteiger partial charge in [-0.25, -0.2) is 0 Å². The van der Waals surface area contributed by atoms with Crippen molar-refractivity contribution in [1.82, 2.24) is 10.6 Å². The predicted molar refractivity (Wildman–Crippen MR) is 217 cm³/mol. The fourth-order valence-corrected chi connectivity index (χ4v) is 14.8. The summed E-state index contributed by atoms with van der Waals surface area (Å²) in [6.45, 7) is 20.4. The first kappa shape index (κ1) is 41.4. The number of hydrogen-bond acceptors (Lipinski definition) is 8. The maximum absolute atomic E-state index is 14.6. The van der Waals surface area contributed by atoms with E-state index in [1.807, 2.05) is 18.2 Å². The summed E-state index contributed by atoms with van der Waals surface area (Å²) < 4.78 is 17.3. The molecule has 316 valence electrons. The zero-order valence-electron chi connectivity index (χ0n) is 35.5. The van der Waals surface area contributed by atoms with Crippen LogP contribution in [0.4, 0.5) is 0 Å². The molecule has 5 N–H and O–H groups in total. The van der Waals surface area contributed by atoms with Crippen molar-refractivity contribution in [2.75, 3.05) is 13.1 Å². The summed E-state index contributed by atoms with van der Waals surface area (Å²) in [4.78, 5) is 27.9. The van der Waals surface area contributed by atoms with Crippen molar-refractivity contribution in [3.8, 4) is 0 Å². The number of nitrogens with one attached hydrogen (secondary N) is 2. The molecule has 15 atom stereocenters. The van der Waals surface area contributed by atoms with Gasteiger partial charge in [0, 0.05) is 18.7 Å². The molecule has 5 saturated carbocycles. The van der Waals surface area contributed by atoms with Crippen molar-refractivity contribution in [2.45, 2.75) is 162 Å². The fraction of sp³-hybridized carbons (Fsp3) is 0.787. The molecule has 8 rings (SSSR count). The van der Waals surface area contributed by atoms with Gasteiger partial charge in [0.2, 0.25) is 5.91 Å². The Morgan fingerprint density at radius 1 is 0.842 bits per heavy atom. The number of ether oxygens (including phenoxy) is 3. The molecular weight excluding hydrogens is 721 g/mol. The predicted octanol–water partition coefficient (Wildman–Crippen LogP) is 6.30. The molecule has 1 aromatic rings. The highest BCUT2D eigenvalue weighted by molar-refractivity contribution is 5.94. The van der Waals surface area contributed by atoms with Crippen molar-refractivity contribution >= 4 is 11.8 Å². The van der Waals surface area contributed by atoms with E-state index in [2.05, 4.69) is 51.8 Å². The van der Waals surface area contributed by atoms with E-state index in [-0.39, 0.29) is 46.1 Å². The van der Waals surface area contributed by atoms with E-state index in [0.717, 1.165) is 44.1 Å². The standard InChI is InChI=1S/C47H70N2O8/c1-26(2)29-14-21-47(22-15-31-30(36(29)47)12-13-34-45(31,7)19-16-33-43(3,4)35(50)17-20-46(33,34)8)42(54)48-23-18-27-10-9-11-28(24-27)40(53)49-25-32-37(51)38(52)39-41(55-32)57-44(5,6)56-39/h9-11,24,29-39,41,50-52H,1,12-23,25H2,2-8H3,(H,48,54)(H,49,53). The van der Waals surface area contributed by atoms with Crippen LogP contribution in [-0.4, -0.2) is 82.8 Å². The van der Waals surface area contributed by atoms with Gasteiger partial charge in [-0.05, 0) is 161 Å². The van der Waals surface area contributed by atoms with Gasteiger partial charge in [-0.15, -0.1) is 0 Å². The van der Waals surface area contributed by atoms with Gasteiger partial charge in [-0.3, -0.25) is 9.59 Å². The number of benzene rings is 1. The van der Waals surface area contributed by atoms with Gasteiger partial charge in [-0.1, -0.05) is 52.0 Å². The second-order valence-electron chi connectivity index (χ2n) is 21.1. The zero-order chi connectivity index (χ0) is 40.9. The summed E-state index contributed by atoms with van der Waals surface area (Å²) in [5, 5.41) is 38.7. The van der Waals surface area contributed by atoms with Gasteiger partial charge in [0.1, 0.15) is 24.4 Å². The zero-order valence-corrected chi connectivity index (χ0v) is 35.5. The molecule has 57 heavy (non-hydrogen) atoms. The van der Waals surface area contributed by atoms with Gasteiger partial charge >= 0.3 is 0 Å². The first-order valence-electron chi connectivity index (χ1n) is 22.2. The van der Waals surface area contributed by atoms with Crippen molar-refractivity contribution in [1.29, 1.82) is 0 Å². The fourth-order valence-electron chi connectivity index (χ4n) is 14.8. The maximum atomic E-state index is 14.6. The quantitative estimate of drug-likeness (QED) is 0.193. The minimum absolute atomic E-state index is 0.0113. The van der Waals surface area contributed by atoms with Crippen LogP contribution in [0.15, 0.2) is 36.4 Å². The van der Waals surface area contributed by atoms with Crippen LogP contribution in [0.3, 0.4) is 0 Å². The van der Waals surface area contributed by atoms with Crippen LogP contribution in [0.2, 0.25) is 0 Å². The van der Waals surface area contributed by atoms with Crippen LogP contribution in [0.5, 0.6) is 0 Å². The van der Waals surface area contributed by atoms with Crippen LogP contribution >= 0.6 is 0 Å². The van der Waals surface area contributed by atoms with Crippen molar-refractivity contribution in [3.05, 3.63) is 47.5 Å². The van der Waals surface area contributed by atoms with E-state index in [4.69, 9.17) is 14.2 Å². The van der Waals surface area contributed by atoms with Gasteiger partial charge in [0.25, 0.3) is 5.91 Å². The van der Waals surface area contributed by atoms with Gasteiger partial charge in [-0.2, -0.15) is 0 Å². The summed E-state index contributed by atoms with van der Waals surface area (Å²) in [6, 6.07) is 7.43. The molecule has 15 unspecified atom stereocenters. The third-order valence-electron chi connectivity index (χ3n) is 17.5. The molecular formula is C47H70N2O8. The maximum Gasteiger partial charge on any atom is 0.251 e. The highest BCUT2D eigenvalue weighted by atomic mass is 16.8. The lowest BCUT2D eigenvalue weighted by molar-refractivity contribution is -0.248. The second kappa shape index (κ2) is 14.7. The number of carbonyl (C=O) groups is 2. The normalized spacial score (nSPS) is 45.4. The Morgan fingerprint density at radius 2 is 1.58 bits per heavy atom. The Labute approximate surface area is 340 Å². The number of aliphatic hydroxyl groups is 3. The minimum Gasteiger partial charge on any atom is -0.393 e. The van der Waals surface area contributed by atoms with E-state index >= 15 is 0 Å². The highest BCUT2D eigenvalue weighted by Gasteiger charge is 2.68. The number of hydrogen-bond donors (Lipinski definition) is 5. The molecule has 7 aliphatic rings. The van der Waals surface area contributed by atoms with Crippen molar-refractivity contribution in [3.63, 3.8) is 0 Å². The molecule has 0 radical (unpaired) electrons. The third-order valence-corrected chi connectivity index (χ3v) is 17.5. The van der Waals surface area contributed by atoms with E-state index in [1.54, 1.807) is 19.9 Å². The molecule has 7 fully saturated rings. The van der Waals surface area contributed by atoms with E-state index in [0.29, 0.717) is 54.0 Å². The number of rotatable bonds is 8. The Hall–Kier alpha value is -2.34. The number of carbonyl (C=O) groups excluding carboxylic acids is 2. The monoisotopic (exact) mass is 791 g/mol. The first-order valence-corrected chi connectivity index (χ1v) is 22.2. The molecule has 10 heteroatoms. The Balaban J connectivity index is 0.908. The summed E-state index contributed by atoms with van der Waals surface area (Å²) in [7, 11) is 0. The smallest absolute Gasteiger partial charge is 0.251 e. The molecule has 2 amide bonds. The largest absolute Gasteiger partial charge is 0.393 e. The molecule has 0 spiro atoms. The lowest BCUT2D eigenvalue weighted by Crippen LogP contribution is -2.64. The molecule has 0 aromatic heterocycles. The van der Waals surface area contributed by atoms with E-state index in [9.17, 15) is 24.9 Å². The molecule has 1 aromatic carbocycles. The Bertz CT molecular complexity index is 1730. The summed E-state index contributed by atoms with van der Waals surface area (Å²) in [5.74, 6) is 1.93. The van der Waals surface area contributed by atoms with Gasteiger partial charge < -0.3 is 40.2 Å². The average Bonchev–Trinajstić information content (AvgIpc) is 3.72. The van der Waals surface area contributed by atoms with Crippen LogP contribution in [0.25, 0.3) is 0 Å². The van der Waals surface area contributed by atoms with Crippen LogP contribution in [0.1, 0.15) is 129 Å². The molecule has 2 heterocycles. The van der Waals surface area contributed by atoms with Crippen LogP contribution in [-0.2, 0) is 25.4 Å². The molecule has 5 aliphatic carbocycles.